The lowest BCUT2D eigenvalue weighted by molar-refractivity contribution is -0.139. The number of hydrogen-bond donors (Lipinski definition) is 0. The Kier molecular flexibility index (Phi) is 3.47. The van der Waals surface area contributed by atoms with Gasteiger partial charge in [0.25, 0.3) is 0 Å². The number of nitriles is 1. The Bertz CT molecular complexity index is 527. The van der Waals surface area contributed by atoms with Crippen LogP contribution in [-0.2, 0) is 17.4 Å². The highest BCUT2D eigenvalue weighted by molar-refractivity contribution is 5.80. The van der Waals surface area contributed by atoms with E-state index in [1.807, 2.05) is 6.07 Å². The lowest BCUT2D eigenvalue weighted by Crippen LogP contribution is -2.50. The largest absolute Gasteiger partial charge is 0.416 e. The van der Waals surface area contributed by atoms with Crippen LogP contribution >= 0.6 is 0 Å². The maximum atomic E-state index is 12.7. The van der Waals surface area contributed by atoms with Crippen LogP contribution in [-0.4, -0.2) is 23.9 Å². The fourth-order valence-corrected chi connectivity index (χ4v) is 1.99. The standard InChI is InChI=1S/C13H11F3N2O/c14-13(15,16)11-4-2-1-3-10(11)5-12(19)18-7-9(6-17)8-18/h1-4,9H,5,7-8H2. The Labute approximate surface area is 108 Å². The van der Waals surface area contributed by atoms with Crippen LogP contribution in [0.5, 0.6) is 0 Å². The molecule has 2 rings (SSSR count). The third-order valence-corrected chi connectivity index (χ3v) is 3.08. The number of carbonyl (C=O) groups excluding carboxylic acids is 1. The molecule has 0 bridgehead atoms. The zero-order valence-corrected chi connectivity index (χ0v) is 9.94. The molecule has 1 aromatic carbocycles. The minimum Gasteiger partial charge on any atom is -0.340 e. The van der Waals surface area contributed by atoms with Crippen LogP contribution in [0.4, 0.5) is 13.2 Å². The smallest absolute Gasteiger partial charge is 0.340 e. The second kappa shape index (κ2) is 4.92. The number of likely N-dealkylation sites (tertiary alicyclic amines) is 1. The normalized spacial score (nSPS) is 15.8. The molecule has 0 aromatic heterocycles. The van der Waals surface area contributed by atoms with Crippen molar-refractivity contribution in [2.24, 2.45) is 5.92 Å². The van der Waals surface area contributed by atoms with Gasteiger partial charge in [0.2, 0.25) is 5.91 Å². The summed E-state index contributed by atoms with van der Waals surface area (Å²) in [4.78, 5) is 13.2. The van der Waals surface area contributed by atoms with E-state index in [4.69, 9.17) is 5.26 Å². The summed E-state index contributed by atoms with van der Waals surface area (Å²) in [6, 6.07) is 7.06. The molecule has 0 unspecified atom stereocenters. The second-order valence-corrected chi connectivity index (χ2v) is 4.46. The molecule has 0 N–H and O–H groups in total. The summed E-state index contributed by atoms with van der Waals surface area (Å²) in [5.74, 6) is -0.565. The van der Waals surface area contributed by atoms with Gasteiger partial charge >= 0.3 is 6.18 Å². The summed E-state index contributed by atoms with van der Waals surface area (Å²) >= 11 is 0. The molecule has 1 saturated heterocycles. The van der Waals surface area contributed by atoms with E-state index in [9.17, 15) is 18.0 Å². The topological polar surface area (TPSA) is 44.1 Å². The van der Waals surface area contributed by atoms with Gasteiger partial charge in [0, 0.05) is 13.1 Å². The quantitative estimate of drug-likeness (QED) is 0.825. The Balaban J connectivity index is 2.08. The van der Waals surface area contributed by atoms with Gasteiger partial charge in [0.15, 0.2) is 0 Å². The average molecular weight is 268 g/mol. The van der Waals surface area contributed by atoms with Crippen molar-refractivity contribution in [3.8, 4) is 6.07 Å². The Morgan fingerprint density at radius 1 is 1.37 bits per heavy atom. The fourth-order valence-electron chi connectivity index (χ4n) is 1.99. The number of amides is 1. The van der Waals surface area contributed by atoms with Crippen LogP contribution in [0.25, 0.3) is 0 Å². The number of alkyl halides is 3. The van der Waals surface area contributed by atoms with Crippen molar-refractivity contribution < 1.29 is 18.0 Å². The number of carbonyl (C=O) groups is 1. The van der Waals surface area contributed by atoms with Crippen molar-refractivity contribution in [1.29, 1.82) is 5.26 Å². The molecular formula is C13H11F3N2O. The zero-order chi connectivity index (χ0) is 14.0. The maximum Gasteiger partial charge on any atom is 0.416 e. The summed E-state index contributed by atoms with van der Waals surface area (Å²) in [7, 11) is 0. The van der Waals surface area contributed by atoms with Crippen LogP contribution in [0.1, 0.15) is 11.1 Å². The summed E-state index contributed by atoms with van der Waals surface area (Å²) in [6.07, 6.45) is -4.74. The molecule has 0 radical (unpaired) electrons. The Morgan fingerprint density at radius 3 is 2.58 bits per heavy atom. The minimum absolute atomic E-state index is 0.0274. The van der Waals surface area contributed by atoms with E-state index in [-0.39, 0.29) is 23.8 Å². The monoisotopic (exact) mass is 268 g/mol. The first-order chi connectivity index (χ1) is 8.91. The molecule has 19 heavy (non-hydrogen) atoms. The van der Waals surface area contributed by atoms with Gasteiger partial charge in [-0.2, -0.15) is 18.4 Å². The van der Waals surface area contributed by atoms with Crippen molar-refractivity contribution in [3.63, 3.8) is 0 Å². The highest BCUT2D eigenvalue weighted by atomic mass is 19.4. The highest BCUT2D eigenvalue weighted by Gasteiger charge is 2.35. The van der Waals surface area contributed by atoms with E-state index in [2.05, 4.69) is 0 Å². The second-order valence-electron chi connectivity index (χ2n) is 4.46. The van der Waals surface area contributed by atoms with Crippen LogP contribution in [0.15, 0.2) is 24.3 Å². The van der Waals surface area contributed by atoms with Gasteiger partial charge in [0.05, 0.1) is 24.0 Å². The SMILES string of the molecule is N#CC1CN(C(=O)Cc2ccccc2C(F)(F)F)C1. The van der Waals surface area contributed by atoms with Crippen LogP contribution in [0, 0.1) is 17.2 Å². The lowest BCUT2D eigenvalue weighted by Gasteiger charge is -2.35. The van der Waals surface area contributed by atoms with Gasteiger partial charge < -0.3 is 4.90 Å². The molecular weight excluding hydrogens is 257 g/mol. The van der Waals surface area contributed by atoms with Crippen molar-refractivity contribution in [2.45, 2.75) is 12.6 Å². The van der Waals surface area contributed by atoms with Gasteiger partial charge in [-0.1, -0.05) is 18.2 Å². The van der Waals surface area contributed by atoms with Crippen LogP contribution in [0.2, 0.25) is 0 Å². The first-order valence-corrected chi connectivity index (χ1v) is 5.74. The molecule has 1 aromatic rings. The van der Waals surface area contributed by atoms with E-state index >= 15 is 0 Å². The van der Waals surface area contributed by atoms with Crippen molar-refractivity contribution in [3.05, 3.63) is 35.4 Å². The van der Waals surface area contributed by atoms with Crippen molar-refractivity contribution in [1.82, 2.24) is 4.90 Å². The number of benzene rings is 1. The third-order valence-electron chi connectivity index (χ3n) is 3.08. The number of halogens is 3. The summed E-state index contributed by atoms with van der Waals surface area (Å²) in [6.45, 7) is 0.618. The first kappa shape index (κ1) is 13.4. The molecule has 1 amide bonds. The van der Waals surface area contributed by atoms with Crippen molar-refractivity contribution in [2.75, 3.05) is 13.1 Å². The van der Waals surface area contributed by atoms with Crippen LogP contribution < -0.4 is 0 Å². The Hall–Kier alpha value is -2.03. The van der Waals surface area contributed by atoms with E-state index in [1.165, 1.54) is 23.1 Å². The van der Waals surface area contributed by atoms with Gasteiger partial charge in [-0.25, -0.2) is 0 Å². The van der Waals surface area contributed by atoms with Gasteiger partial charge in [-0.3, -0.25) is 4.79 Å². The molecule has 100 valence electrons. The predicted molar refractivity (Wildman–Crippen MR) is 60.8 cm³/mol. The number of nitrogens with zero attached hydrogens (tertiary/aromatic N) is 2. The molecule has 0 atom stereocenters. The van der Waals surface area contributed by atoms with E-state index < -0.39 is 11.7 Å². The highest BCUT2D eigenvalue weighted by Crippen LogP contribution is 2.32. The molecule has 1 fully saturated rings. The predicted octanol–water partition coefficient (Wildman–Crippen LogP) is 2.23. The van der Waals surface area contributed by atoms with E-state index in [0.29, 0.717) is 13.1 Å². The Morgan fingerprint density at radius 2 is 2.00 bits per heavy atom. The third kappa shape index (κ3) is 2.87. The average Bonchev–Trinajstić information content (AvgIpc) is 2.26. The molecule has 0 aliphatic carbocycles. The summed E-state index contributed by atoms with van der Waals surface area (Å²) < 4.78 is 38.2. The summed E-state index contributed by atoms with van der Waals surface area (Å²) in [5, 5.41) is 8.59. The number of hydrogen-bond acceptors (Lipinski definition) is 2. The zero-order valence-electron chi connectivity index (χ0n) is 9.94. The lowest BCUT2D eigenvalue weighted by atomic mass is 9.99. The molecule has 0 saturated carbocycles. The fraction of sp³-hybridized carbons (Fsp3) is 0.385. The molecule has 1 aliphatic rings. The van der Waals surface area contributed by atoms with Crippen LogP contribution in [0.3, 0.4) is 0 Å². The molecule has 6 heteroatoms. The molecule has 0 spiro atoms. The summed E-state index contributed by atoms with van der Waals surface area (Å²) in [5.41, 5.74) is -0.805. The first-order valence-electron chi connectivity index (χ1n) is 5.74. The minimum atomic E-state index is -4.46. The molecule has 1 heterocycles. The van der Waals surface area contributed by atoms with E-state index in [1.54, 1.807) is 0 Å². The molecule has 1 aliphatic heterocycles. The van der Waals surface area contributed by atoms with Gasteiger partial charge in [0.1, 0.15) is 0 Å². The van der Waals surface area contributed by atoms with Gasteiger partial charge in [-0.05, 0) is 11.6 Å². The number of rotatable bonds is 2. The maximum absolute atomic E-state index is 12.7. The van der Waals surface area contributed by atoms with E-state index in [0.717, 1.165) is 6.07 Å². The molecule has 3 nitrogen and oxygen atoms in total. The van der Waals surface area contributed by atoms with Crippen molar-refractivity contribution >= 4 is 5.91 Å². The van der Waals surface area contributed by atoms with Gasteiger partial charge in [-0.15, -0.1) is 0 Å².